The van der Waals surface area contributed by atoms with Crippen molar-refractivity contribution < 1.29 is 5.11 Å². The van der Waals surface area contributed by atoms with Crippen molar-refractivity contribution in [3.8, 4) is 0 Å². The summed E-state index contributed by atoms with van der Waals surface area (Å²) < 4.78 is 0. The second kappa shape index (κ2) is 4.72. The third-order valence-electron chi connectivity index (χ3n) is 4.47. The summed E-state index contributed by atoms with van der Waals surface area (Å²) in [5, 5.41) is 14.0. The Morgan fingerprint density at radius 2 is 2.33 bits per heavy atom. The third-order valence-corrected chi connectivity index (χ3v) is 4.71. The summed E-state index contributed by atoms with van der Waals surface area (Å²) in [6.45, 7) is 2.26. The summed E-state index contributed by atoms with van der Waals surface area (Å²) in [7, 11) is 2.14. The number of hydrogen-bond donors (Lipinski definition) is 2. The highest BCUT2D eigenvalue weighted by atomic mass is 35.5. The second-order valence-electron chi connectivity index (χ2n) is 5.33. The van der Waals surface area contributed by atoms with Crippen molar-refractivity contribution in [3.05, 3.63) is 28.8 Å². The van der Waals surface area contributed by atoms with E-state index >= 15 is 0 Å². The summed E-state index contributed by atoms with van der Waals surface area (Å²) in [4.78, 5) is 2.35. The molecule has 2 heterocycles. The SMILES string of the molecule is CN1c2cc(Cl)ccc2C(CO)C2CNCCC21. The van der Waals surface area contributed by atoms with Crippen molar-refractivity contribution in [2.24, 2.45) is 5.92 Å². The lowest BCUT2D eigenvalue weighted by Crippen LogP contribution is -2.54. The van der Waals surface area contributed by atoms with Crippen LogP contribution in [0.1, 0.15) is 17.9 Å². The fourth-order valence-corrected chi connectivity index (χ4v) is 3.71. The van der Waals surface area contributed by atoms with E-state index < -0.39 is 0 Å². The Morgan fingerprint density at radius 1 is 1.50 bits per heavy atom. The van der Waals surface area contributed by atoms with Crippen LogP contribution in [0, 0.1) is 5.92 Å². The minimum atomic E-state index is 0.214. The second-order valence-corrected chi connectivity index (χ2v) is 5.76. The van der Waals surface area contributed by atoms with Crippen molar-refractivity contribution in [2.75, 3.05) is 31.6 Å². The van der Waals surface area contributed by atoms with Gasteiger partial charge in [-0.3, -0.25) is 0 Å². The van der Waals surface area contributed by atoms with Gasteiger partial charge in [0.2, 0.25) is 0 Å². The fourth-order valence-electron chi connectivity index (χ4n) is 3.54. The predicted octanol–water partition coefficient (Wildman–Crippen LogP) is 1.84. The average molecular weight is 267 g/mol. The Morgan fingerprint density at radius 3 is 3.11 bits per heavy atom. The molecule has 3 unspecified atom stereocenters. The van der Waals surface area contributed by atoms with E-state index in [4.69, 9.17) is 11.6 Å². The van der Waals surface area contributed by atoms with Gasteiger partial charge >= 0.3 is 0 Å². The van der Waals surface area contributed by atoms with Crippen LogP contribution in [0.15, 0.2) is 18.2 Å². The maximum atomic E-state index is 9.75. The van der Waals surface area contributed by atoms with Crippen LogP contribution in [0.3, 0.4) is 0 Å². The summed E-state index contributed by atoms with van der Waals surface area (Å²) in [6, 6.07) is 6.53. The number of rotatable bonds is 1. The highest BCUT2D eigenvalue weighted by Gasteiger charge is 2.40. The number of benzene rings is 1. The first-order valence-electron chi connectivity index (χ1n) is 6.56. The van der Waals surface area contributed by atoms with Gasteiger partial charge in [-0.1, -0.05) is 17.7 Å². The summed E-state index contributed by atoms with van der Waals surface area (Å²) in [6.07, 6.45) is 1.13. The Hall–Kier alpha value is -0.770. The van der Waals surface area contributed by atoms with Gasteiger partial charge in [0, 0.05) is 42.2 Å². The third kappa shape index (κ3) is 1.81. The zero-order valence-electron chi connectivity index (χ0n) is 10.6. The lowest BCUT2D eigenvalue weighted by atomic mass is 9.74. The molecular weight excluding hydrogens is 248 g/mol. The van der Waals surface area contributed by atoms with Crippen molar-refractivity contribution in [3.63, 3.8) is 0 Å². The molecule has 0 spiro atoms. The average Bonchev–Trinajstić information content (AvgIpc) is 2.40. The number of hydrogen-bond acceptors (Lipinski definition) is 3. The van der Waals surface area contributed by atoms with E-state index in [0.717, 1.165) is 24.5 Å². The van der Waals surface area contributed by atoms with Crippen molar-refractivity contribution in [1.29, 1.82) is 0 Å². The van der Waals surface area contributed by atoms with Gasteiger partial charge in [0.1, 0.15) is 0 Å². The molecule has 0 amide bonds. The molecule has 0 bridgehead atoms. The van der Waals surface area contributed by atoms with Gasteiger partial charge in [-0.05, 0) is 30.7 Å². The molecule has 0 saturated carbocycles. The number of nitrogens with zero attached hydrogens (tertiary/aromatic N) is 1. The summed E-state index contributed by atoms with van der Waals surface area (Å²) in [5.41, 5.74) is 2.42. The molecule has 4 heteroatoms. The van der Waals surface area contributed by atoms with E-state index in [1.54, 1.807) is 0 Å². The maximum Gasteiger partial charge on any atom is 0.0504 e. The molecule has 0 radical (unpaired) electrons. The number of anilines is 1. The Labute approximate surface area is 113 Å². The standard InChI is InChI=1S/C14H19ClN2O/c1-17-13-4-5-16-7-11(13)12(8-18)10-3-2-9(15)6-14(10)17/h2-3,6,11-13,16,18H,4-5,7-8H2,1H3. The molecule has 18 heavy (non-hydrogen) atoms. The Kier molecular flexibility index (Phi) is 3.22. The van der Waals surface area contributed by atoms with Crippen LogP contribution >= 0.6 is 11.6 Å². The number of aliphatic hydroxyl groups excluding tert-OH is 1. The van der Waals surface area contributed by atoms with Gasteiger partial charge in [-0.25, -0.2) is 0 Å². The molecule has 3 nitrogen and oxygen atoms in total. The molecule has 3 atom stereocenters. The number of piperidine rings is 1. The van der Waals surface area contributed by atoms with E-state index in [1.165, 1.54) is 11.3 Å². The van der Waals surface area contributed by atoms with E-state index in [2.05, 4.69) is 23.3 Å². The Bertz CT molecular complexity index is 451. The number of fused-ring (bicyclic) bond motifs is 2. The Balaban J connectivity index is 2.08. The molecule has 2 aliphatic heterocycles. The quantitative estimate of drug-likeness (QED) is 0.814. The van der Waals surface area contributed by atoms with Crippen LogP contribution in [0.4, 0.5) is 5.69 Å². The number of aliphatic hydroxyl groups is 1. The molecule has 3 rings (SSSR count). The molecule has 1 aromatic carbocycles. The van der Waals surface area contributed by atoms with E-state index in [1.807, 2.05) is 12.1 Å². The molecule has 1 saturated heterocycles. The number of nitrogens with one attached hydrogen (secondary N) is 1. The van der Waals surface area contributed by atoms with Crippen LogP contribution in [0.5, 0.6) is 0 Å². The fraction of sp³-hybridized carbons (Fsp3) is 0.571. The first-order valence-corrected chi connectivity index (χ1v) is 6.94. The lowest BCUT2D eigenvalue weighted by molar-refractivity contribution is 0.178. The molecule has 2 N–H and O–H groups in total. The molecule has 0 aromatic heterocycles. The van der Waals surface area contributed by atoms with Crippen LogP contribution in [0.25, 0.3) is 0 Å². The minimum Gasteiger partial charge on any atom is -0.396 e. The number of halogens is 1. The summed E-state index contributed by atoms with van der Waals surface area (Å²) >= 11 is 6.11. The smallest absolute Gasteiger partial charge is 0.0504 e. The largest absolute Gasteiger partial charge is 0.396 e. The predicted molar refractivity (Wildman–Crippen MR) is 74.4 cm³/mol. The van der Waals surface area contributed by atoms with Gasteiger partial charge in [-0.2, -0.15) is 0 Å². The first kappa shape index (κ1) is 12.3. The van der Waals surface area contributed by atoms with Crippen LogP contribution in [-0.4, -0.2) is 37.9 Å². The van der Waals surface area contributed by atoms with Gasteiger partial charge in [-0.15, -0.1) is 0 Å². The molecule has 1 aromatic rings. The minimum absolute atomic E-state index is 0.214. The zero-order valence-corrected chi connectivity index (χ0v) is 11.3. The van der Waals surface area contributed by atoms with Gasteiger partial charge in [0.25, 0.3) is 0 Å². The molecule has 0 aliphatic carbocycles. The molecular formula is C14H19ClN2O. The monoisotopic (exact) mass is 266 g/mol. The molecule has 98 valence electrons. The van der Waals surface area contributed by atoms with Crippen LogP contribution in [0.2, 0.25) is 5.02 Å². The van der Waals surface area contributed by atoms with Crippen molar-refractivity contribution in [2.45, 2.75) is 18.4 Å². The maximum absolute atomic E-state index is 9.75. The normalized spacial score (nSPS) is 30.8. The van der Waals surface area contributed by atoms with Crippen LogP contribution < -0.4 is 10.2 Å². The van der Waals surface area contributed by atoms with E-state index in [-0.39, 0.29) is 12.5 Å². The molecule has 2 aliphatic rings. The zero-order chi connectivity index (χ0) is 12.7. The summed E-state index contributed by atoms with van der Waals surface area (Å²) in [5.74, 6) is 0.716. The van der Waals surface area contributed by atoms with E-state index in [0.29, 0.717) is 12.0 Å². The van der Waals surface area contributed by atoms with Gasteiger partial charge in [0.15, 0.2) is 0 Å². The highest BCUT2D eigenvalue weighted by molar-refractivity contribution is 6.30. The first-order chi connectivity index (χ1) is 8.72. The van der Waals surface area contributed by atoms with Crippen LogP contribution in [-0.2, 0) is 0 Å². The van der Waals surface area contributed by atoms with Gasteiger partial charge in [0.05, 0.1) is 6.61 Å². The van der Waals surface area contributed by atoms with Crippen molar-refractivity contribution >= 4 is 17.3 Å². The van der Waals surface area contributed by atoms with Crippen molar-refractivity contribution in [1.82, 2.24) is 5.32 Å². The van der Waals surface area contributed by atoms with E-state index in [9.17, 15) is 5.11 Å². The highest BCUT2D eigenvalue weighted by Crippen LogP contribution is 2.43. The topological polar surface area (TPSA) is 35.5 Å². The van der Waals surface area contributed by atoms with Gasteiger partial charge < -0.3 is 15.3 Å². The lowest BCUT2D eigenvalue weighted by Gasteiger charge is -2.48. The molecule has 1 fully saturated rings.